The molecule has 124 valence electrons. The SMILES string of the molecule is CCOC(=O)C(CCC[Si](CC)(CC)CC)C(=O)OCC. The van der Waals surface area contributed by atoms with Crippen LogP contribution in [0.4, 0.5) is 0 Å². The molecule has 0 spiro atoms. The average Bonchev–Trinajstić information content (AvgIpc) is 2.48. The summed E-state index contributed by atoms with van der Waals surface area (Å²) in [6.45, 7) is 10.9. The van der Waals surface area contributed by atoms with Gasteiger partial charge in [0.25, 0.3) is 0 Å². The summed E-state index contributed by atoms with van der Waals surface area (Å²) in [6, 6.07) is 4.97. The molecule has 0 bridgehead atoms. The van der Waals surface area contributed by atoms with E-state index in [4.69, 9.17) is 9.47 Å². The van der Waals surface area contributed by atoms with Gasteiger partial charge in [0.15, 0.2) is 5.92 Å². The van der Waals surface area contributed by atoms with Crippen LogP contribution < -0.4 is 0 Å². The Labute approximate surface area is 130 Å². The third-order valence-corrected chi connectivity index (χ3v) is 10.5. The smallest absolute Gasteiger partial charge is 0.320 e. The minimum atomic E-state index is -1.20. The molecule has 0 fully saturated rings. The molecule has 0 aromatic heterocycles. The number of esters is 2. The maximum absolute atomic E-state index is 11.9. The summed E-state index contributed by atoms with van der Waals surface area (Å²) in [6.07, 6.45) is 1.45. The van der Waals surface area contributed by atoms with Crippen molar-refractivity contribution in [2.45, 2.75) is 71.6 Å². The van der Waals surface area contributed by atoms with E-state index in [0.29, 0.717) is 19.6 Å². The zero-order chi connectivity index (χ0) is 16.3. The van der Waals surface area contributed by atoms with Gasteiger partial charge in [-0.15, -0.1) is 0 Å². The van der Waals surface area contributed by atoms with Gasteiger partial charge in [0.1, 0.15) is 0 Å². The molecule has 21 heavy (non-hydrogen) atoms. The summed E-state index contributed by atoms with van der Waals surface area (Å²) in [5.41, 5.74) is 0. The van der Waals surface area contributed by atoms with Gasteiger partial charge in [0.2, 0.25) is 0 Å². The summed E-state index contributed by atoms with van der Waals surface area (Å²) in [7, 11) is -1.20. The zero-order valence-electron chi connectivity index (χ0n) is 14.4. The van der Waals surface area contributed by atoms with E-state index in [1.54, 1.807) is 13.8 Å². The number of rotatable bonds is 11. The molecule has 0 radical (unpaired) electrons. The topological polar surface area (TPSA) is 52.6 Å². The molecule has 0 saturated heterocycles. The average molecular weight is 317 g/mol. The predicted molar refractivity (Wildman–Crippen MR) is 88.0 cm³/mol. The molecule has 0 saturated carbocycles. The van der Waals surface area contributed by atoms with Gasteiger partial charge in [-0.2, -0.15) is 0 Å². The van der Waals surface area contributed by atoms with Gasteiger partial charge in [0, 0.05) is 0 Å². The van der Waals surface area contributed by atoms with Crippen molar-refractivity contribution in [3.8, 4) is 0 Å². The highest BCUT2D eigenvalue weighted by atomic mass is 28.3. The minimum absolute atomic E-state index is 0.298. The third-order valence-electron chi connectivity index (χ3n) is 4.59. The normalized spacial score (nSPS) is 11.5. The van der Waals surface area contributed by atoms with Crippen molar-refractivity contribution in [3.05, 3.63) is 0 Å². The lowest BCUT2D eigenvalue weighted by atomic mass is 10.0. The summed E-state index contributed by atoms with van der Waals surface area (Å²) >= 11 is 0. The number of carbonyl (C=O) groups excluding carboxylic acids is 2. The van der Waals surface area contributed by atoms with Crippen molar-refractivity contribution in [1.82, 2.24) is 0 Å². The van der Waals surface area contributed by atoms with Crippen molar-refractivity contribution in [1.29, 1.82) is 0 Å². The highest BCUT2D eigenvalue weighted by Gasteiger charge is 2.31. The molecule has 0 aromatic carbocycles. The summed E-state index contributed by atoms with van der Waals surface area (Å²) in [5, 5.41) is 0. The first-order valence-corrected chi connectivity index (χ1v) is 11.2. The van der Waals surface area contributed by atoms with Crippen LogP contribution in [0.5, 0.6) is 0 Å². The van der Waals surface area contributed by atoms with Gasteiger partial charge in [0.05, 0.1) is 21.3 Å². The zero-order valence-corrected chi connectivity index (χ0v) is 15.4. The van der Waals surface area contributed by atoms with E-state index in [-0.39, 0.29) is 0 Å². The molecule has 0 heterocycles. The molecule has 0 aromatic rings. The van der Waals surface area contributed by atoms with E-state index < -0.39 is 25.9 Å². The Hall–Kier alpha value is -0.843. The molecule has 0 atom stereocenters. The number of hydrogen-bond donors (Lipinski definition) is 0. The van der Waals surface area contributed by atoms with Gasteiger partial charge in [-0.05, 0) is 20.3 Å². The molecule has 0 aliphatic carbocycles. The Bertz CT molecular complexity index is 287. The second-order valence-corrected chi connectivity index (χ2v) is 11.1. The quantitative estimate of drug-likeness (QED) is 0.328. The molecular formula is C16H32O4Si. The lowest BCUT2D eigenvalue weighted by Crippen LogP contribution is -2.32. The summed E-state index contributed by atoms with van der Waals surface area (Å²) in [5.74, 6) is -1.62. The fourth-order valence-corrected chi connectivity index (χ4v) is 6.29. The highest BCUT2D eigenvalue weighted by Crippen LogP contribution is 2.28. The Kier molecular flexibility index (Phi) is 10.4. The number of ether oxygens (including phenoxy) is 2. The van der Waals surface area contributed by atoms with Crippen molar-refractivity contribution >= 4 is 20.0 Å². The molecule has 4 nitrogen and oxygen atoms in total. The number of carbonyl (C=O) groups is 2. The second kappa shape index (κ2) is 10.8. The van der Waals surface area contributed by atoms with Gasteiger partial charge in [-0.3, -0.25) is 9.59 Å². The van der Waals surface area contributed by atoms with Crippen LogP contribution in [0.3, 0.4) is 0 Å². The van der Waals surface area contributed by atoms with Crippen LogP contribution in [0.15, 0.2) is 0 Å². The Morgan fingerprint density at radius 3 is 1.62 bits per heavy atom. The molecule has 0 unspecified atom stereocenters. The van der Waals surface area contributed by atoms with E-state index in [2.05, 4.69) is 20.8 Å². The fourth-order valence-electron chi connectivity index (χ4n) is 2.78. The molecule has 0 amide bonds. The highest BCUT2D eigenvalue weighted by molar-refractivity contribution is 6.79. The van der Waals surface area contributed by atoms with E-state index in [1.807, 2.05) is 0 Å². The van der Waals surface area contributed by atoms with Gasteiger partial charge < -0.3 is 9.47 Å². The molecule has 0 rings (SSSR count). The largest absolute Gasteiger partial charge is 0.465 e. The van der Waals surface area contributed by atoms with Crippen molar-refractivity contribution in [2.75, 3.05) is 13.2 Å². The van der Waals surface area contributed by atoms with Crippen LogP contribution in [-0.2, 0) is 19.1 Å². The monoisotopic (exact) mass is 316 g/mol. The Balaban J connectivity index is 4.61. The standard InChI is InChI=1S/C16H32O4Si/c1-6-19-15(17)14(16(18)20-7-2)12-11-13-21(8-3,9-4)10-5/h14H,6-13H2,1-5H3. The second-order valence-electron chi connectivity index (χ2n) is 5.51. The summed E-state index contributed by atoms with van der Waals surface area (Å²) in [4.78, 5) is 23.8. The van der Waals surface area contributed by atoms with Crippen molar-refractivity contribution in [3.63, 3.8) is 0 Å². The van der Waals surface area contributed by atoms with Gasteiger partial charge >= 0.3 is 11.9 Å². The Morgan fingerprint density at radius 1 is 0.857 bits per heavy atom. The van der Waals surface area contributed by atoms with E-state index in [9.17, 15) is 9.59 Å². The van der Waals surface area contributed by atoms with Crippen molar-refractivity contribution in [2.24, 2.45) is 5.92 Å². The van der Waals surface area contributed by atoms with Gasteiger partial charge in [-0.1, -0.05) is 51.4 Å². The van der Waals surface area contributed by atoms with E-state index in [1.165, 1.54) is 24.2 Å². The molecule has 0 N–H and O–H groups in total. The first kappa shape index (κ1) is 20.2. The van der Waals surface area contributed by atoms with Crippen LogP contribution in [0.1, 0.15) is 47.5 Å². The first-order chi connectivity index (χ1) is 10.00. The lowest BCUT2D eigenvalue weighted by Gasteiger charge is -2.28. The van der Waals surface area contributed by atoms with E-state index >= 15 is 0 Å². The Morgan fingerprint density at radius 2 is 1.29 bits per heavy atom. The van der Waals surface area contributed by atoms with Gasteiger partial charge in [-0.25, -0.2) is 0 Å². The van der Waals surface area contributed by atoms with Crippen LogP contribution >= 0.6 is 0 Å². The van der Waals surface area contributed by atoms with Crippen LogP contribution in [0, 0.1) is 5.92 Å². The number of hydrogen-bond acceptors (Lipinski definition) is 4. The van der Waals surface area contributed by atoms with Crippen LogP contribution in [0.2, 0.25) is 24.2 Å². The summed E-state index contributed by atoms with van der Waals surface area (Å²) < 4.78 is 10.0. The maximum atomic E-state index is 11.9. The third kappa shape index (κ3) is 6.63. The molecule has 0 aliphatic heterocycles. The van der Waals surface area contributed by atoms with Crippen molar-refractivity contribution < 1.29 is 19.1 Å². The van der Waals surface area contributed by atoms with Crippen LogP contribution in [-0.4, -0.2) is 33.2 Å². The van der Waals surface area contributed by atoms with E-state index in [0.717, 1.165) is 6.42 Å². The molecular weight excluding hydrogens is 284 g/mol. The molecule has 5 heteroatoms. The maximum Gasteiger partial charge on any atom is 0.320 e. The first-order valence-electron chi connectivity index (χ1n) is 8.33. The fraction of sp³-hybridized carbons (Fsp3) is 0.875. The minimum Gasteiger partial charge on any atom is -0.465 e. The van der Waals surface area contributed by atoms with Crippen LogP contribution in [0.25, 0.3) is 0 Å². The predicted octanol–water partition coefficient (Wildman–Crippen LogP) is 4.02. The molecule has 0 aliphatic rings. The lowest BCUT2D eigenvalue weighted by molar-refractivity contribution is -0.161.